The summed E-state index contributed by atoms with van der Waals surface area (Å²) in [5.41, 5.74) is 0.363. The third-order valence-electron chi connectivity index (χ3n) is 2.00. The summed E-state index contributed by atoms with van der Waals surface area (Å²) in [4.78, 5) is 0. The lowest BCUT2D eigenvalue weighted by atomic mass is 10.1. The second-order valence-electron chi connectivity index (χ2n) is 3.29. The van der Waals surface area contributed by atoms with Crippen LogP contribution in [0, 0.1) is 0 Å². The van der Waals surface area contributed by atoms with Crippen LogP contribution in [0.1, 0.15) is 11.7 Å². The molecule has 0 aliphatic rings. The molecule has 0 spiro atoms. The van der Waals surface area contributed by atoms with Gasteiger partial charge in [0, 0.05) is 11.3 Å². The molecule has 0 radical (unpaired) electrons. The van der Waals surface area contributed by atoms with Crippen LogP contribution in [-0.2, 0) is 9.84 Å². The van der Waals surface area contributed by atoms with Gasteiger partial charge in [-0.25, -0.2) is 8.42 Å². The molecule has 0 fully saturated rings. The van der Waals surface area contributed by atoms with Gasteiger partial charge in [0.05, 0.1) is 0 Å². The normalized spacial score (nSPS) is 17.8. The lowest BCUT2D eigenvalue weighted by Gasteiger charge is -2.24. The molecule has 0 aliphatic heterocycles. The zero-order valence-corrected chi connectivity index (χ0v) is 12.1. The molecule has 90 valence electrons. The Balaban J connectivity index is 3.12. The topological polar surface area (TPSA) is 54.4 Å². The van der Waals surface area contributed by atoms with Crippen LogP contribution in [0.3, 0.4) is 0 Å². The van der Waals surface area contributed by atoms with Gasteiger partial charge in [-0.15, -0.1) is 0 Å². The molecule has 0 saturated heterocycles. The summed E-state index contributed by atoms with van der Waals surface area (Å²) in [5.74, 6) is 0. The third-order valence-corrected chi connectivity index (χ3v) is 6.71. The number of hydrogen-bond donors (Lipinski definition) is 1. The molecule has 0 bridgehead atoms. The monoisotopic (exact) mass is 346 g/mol. The highest BCUT2D eigenvalue weighted by molar-refractivity contribution is 9.12. The summed E-state index contributed by atoms with van der Waals surface area (Å²) in [6.07, 6.45) is -0.449. The standard InChI is InChI=1S/C9H9BrCl2O3S/c1-16(14,15)9(10,12)8(13)6-2-4-7(11)5-3-6/h2-5,8,13H,1H3/t8-,9+/m0/s1. The summed E-state index contributed by atoms with van der Waals surface area (Å²) in [6, 6.07) is 6.11. The maximum atomic E-state index is 11.4. The van der Waals surface area contributed by atoms with Crippen LogP contribution in [0.5, 0.6) is 0 Å². The van der Waals surface area contributed by atoms with Gasteiger partial charge in [-0.3, -0.25) is 0 Å². The lowest BCUT2D eigenvalue weighted by Crippen LogP contribution is -2.32. The van der Waals surface area contributed by atoms with Crippen molar-refractivity contribution in [2.45, 2.75) is 9.22 Å². The first-order chi connectivity index (χ1) is 7.16. The van der Waals surface area contributed by atoms with E-state index in [4.69, 9.17) is 23.2 Å². The molecule has 0 aromatic heterocycles. The smallest absolute Gasteiger partial charge is 0.228 e. The van der Waals surface area contributed by atoms with Crippen molar-refractivity contribution in [3.05, 3.63) is 34.9 Å². The number of rotatable bonds is 3. The Bertz CT molecular complexity index is 470. The minimum atomic E-state index is -3.66. The molecule has 0 heterocycles. The van der Waals surface area contributed by atoms with Gasteiger partial charge in [-0.1, -0.05) is 35.3 Å². The lowest BCUT2D eigenvalue weighted by molar-refractivity contribution is 0.185. The summed E-state index contributed by atoms with van der Waals surface area (Å²) in [6.45, 7) is 0. The van der Waals surface area contributed by atoms with Crippen molar-refractivity contribution in [3.63, 3.8) is 0 Å². The average molecular weight is 348 g/mol. The van der Waals surface area contributed by atoms with E-state index in [1.165, 1.54) is 12.1 Å². The largest absolute Gasteiger partial charge is 0.385 e. The average Bonchev–Trinajstić information content (AvgIpc) is 2.16. The minimum Gasteiger partial charge on any atom is -0.385 e. The summed E-state index contributed by atoms with van der Waals surface area (Å²) < 4.78 is 20.8. The number of alkyl halides is 2. The maximum Gasteiger partial charge on any atom is 0.228 e. The second kappa shape index (κ2) is 4.82. The number of aliphatic hydroxyl groups is 1. The first kappa shape index (κ1) is 14.3. The van der Waals surface area contributed by atoms with Gasteiger partial charge in [-0.2, -0.15) is 0 Å². The van der Waals surface area contributed by atoms with Crippen LogP contribution in [0.2, 0.25) is 5.02 Å². The molecule has 2 atom stereocenters. The molecule has 3 nitrogen and oxygen atoms in total. The molecule has 1 N–H and O–H groups in total. The first-order valence-corrected chi connectivity index (χ1v) is 7.61. The van der Waals surface area contributed by atoms with E-state index in [9.17, 15) is 13.5 Å². The number of sulfone groups is 1. The molecule has 0 unspecified atom stereocenters. The van der Waals surface area contributed by atoms with E-state index in [2.05, 4.69) is 15.9 Å². The van der Waals surface area contributed by atoms with Gasteiger partial charge in [0.2, 0.25) is 3.12 Å². The predicted octanol–water partition coefficient (Wildman–Crippen LogP) is 2.71. The Kier molecular flexibility index (Phi) is 4.29. The van der Waals surface area contributed by atoms with Gasteiger partial charge in [0.25, 0.3) is 0 Å². The Morgan fingerprint density at radius 1 is 1.38 bits per heavy atom. The highest BCUT2D eigenvalue weighted by Crippen LogP contribution is 2.42. The zero-order chi connectivity index (χ0) is 12.6. The highest BCUT2D eigenvalue weighted by atomic mass is 79.9. The fourth-order valence-corrected chi connectivity index (χ4v) is 2.10. The van der Waals surface area contributed by atoms with Crippen molar-refractivity contribution in [1.82, 2.24) is 0 Å². The molecule has 0 saturated carbocycles. The van der Waals surface area contributed by atoms with Gasteiger partial charge >= 0.3 is 0 Å². The minimum absolute atomic E-state index is 0.363. The quantitative estimate of drug-likeness (QED) is 0.855. The van der Waals surface area contributed by atoms with Crippen LogP contribution < -0.4 is 0 Å². The second-order valence-corrected chi connectivity index (χ2v) is 8.97. The van der Waals surface area contributed by atoms with E-state index < -0.39 is 19.1 Å². The fourth-order valence-electron chi connectivity index (χ4n) is 1.04. The van der Waals surface area contributed by atoms with Gasteiger partial charge in [0.15, 0.2) is 9.84 Å². The van der Waals surface area contributed by atoms with E-state index in [0.29, 0.717) is 10.6 Å². The van der Waals surface area contributed by atoms with Gasteiger partial charge in [0.1, 0.15) is 6.10 Å². The Morgan fingerprint density at radius 2 is 1.81 bits per heavy atom. The summed E-state index contributed by atoms with van der Waals surface area (Å²) in [5, 5.41) is 10.4. The van der Waals surface area contributed by atoms with Crippen LogP contribution >= 0.6 is 39.1 Å². The van der Waals surface area contributed by atoms with Crippen LogP contribution in [-0.4, -0.2) is 22.9 Å². The van der Waals surface area contributed by atoms with Crippen molar-refractivity contribution < 1.29 is 13.5 Å². The van der Waals surface area contributed by atoms with Crippen LogP contribution in [0.15, 0.2) is 24.3 Å². The molecule has 1 aromatic rings. The Morgan fingerprint density at radius 3 is 2.19 bits per heavy atom. The molecule has 1 aromatic carbocycles. The van der Waals surface area contributed by atoms with Crippen LogP contribution in [0.25, 0.3) is 0 Å². The van der Waals surface area contributed by atoms with Crippen molar-refractivity contribution in [1.29, 1.82) is 0 Å². The summed E-state index contributed by atoms with van der Waals surface area (Å²) in [7, 11) is -3.66. The number of hydrogen-bond acceptors (Lipinski definition) is 3. The van der Waals surface area contributed by atoms with Gasteiger partial charge < -0.3 is 5.11 Å². The number of halogens is 3. The highest BCUT2D eigenvalue weighted by Gasteiger charge is 2.44. The van der Waals surface area contributed by atoms with Gasteiger partial charge in [-0.05, 0) is 33.6 Å². The molecule has 1 rings (SSSR count). The van der Waals surface area contributed by atoms with E-state index in [-0.39, 0.29) is 0 Å². The Hall–Kier alpha value is 0.190. The molecule has 0 aliphatic carbocycles. The molecule has 16 heavy (non-hydrogen) atoms. The van der Waals surface area contributed by atoms with E-state index in [1.54, 1.807) is 12.1 Å². The van der Waals surface area contributed by atoms with E-state index >= 15 is 0 Å². The molecular formula is C9H9BrCl2O3S. The Labute approximate surface area is 112 Å². The first-order valence-electron chi connectivity index (χ1n) is 4.17. The van der Waals surface area contributed by atoms with E-state index in [1.807, 2.05) is 0 Å². The summed E-state index contributed by atoms with van der Waals surface area (Å²) >= 11 is 14.3. The SMILES string of the molecule is CS(=O)(=O)[C@@](Cl)(Br)[C@@H](O)c1ccc(Cl)cc1. The number of benzene rings is 1. The van der Waals surface area contributed by atoms with Crippen molar-refractivity contribution >= 4 is 49.0 Å². The third kappa shape index (κ3) is 2.90. The maximum absolute atomic E-state index is 11.4. The number of aliphatic hydroxyl groups excluding tert-OH is 1. The predicted molar refractivity (Wildman–Crippen MR) is 68.8 cm³/mol. The van der Waals surface area contributed by atoms with Crippen LogP contribution in [0.4, 0.5) is 0 Å². The van der Waals surface area contributed by atoms with Crippen molar-refractivity contribution in [2.24, 2.45) is 0 Å². The molecular weight excluding hydrogens is 339 g/mol. The van der Waals surface area contributed by atoms with Crippen molar-refractivity contribution in [2.75, 3.05) is 6.26 Å². The fraction of sp³-hybridized carbons (Fsp3) is 0.333. The molecule has 0 amide bonds. The van der Waals surface area contributed by atoms with Crippen molar-refractivity contribution in [3.8, 4) is 0 Å². The van der Waals surface area contributed by atoms with E-state index in [0.717, 1.165) is 6.26 Å². The zero-order valence-electron chi connectivity index (χ0n) is 8.19. The molecule has 7 heteroatoms.